The Morgan fingerprint density at radius 2 is 1.69 bits per heavy atom. The lowest BCUT2D eigenvalue weighted by molar-refractivity contribution is -0.114. The molecular formula is C11H21NO. The fourth-order valence-electron chi connectivity index (χ4n) is 2.78. The molecule has 1 fully saturated rings. The van der Waals surface area contributed by atoms with Gasteiger partial charge in [0, 0.05) is 24.0 Å². The van der Waals surface area contributed by atoms with Crippen molar-refractivity contribution in [2.45, 2.75) is 58.7 Å². The van der Waals surface area contributed by atoms with Crippen molar-refractivity contribution >= 4 is 6.29 Å². The molecule has 1 aliphatic heterocycles. The van der Waals surface area contributed by atoms with Crippen molar-refractivity contribution in [2.75, 3.05) is 0 Å². The number of nitrogens with zero attached hydrogens (tertiary/aromatic N) is 1. The predicted molar refractivity (Wildman–Crippen MR) is 54.7 cm³/mol. The molecule has 0 aromatic carbocycles. The van der Waals surface area contributed by atoms with E-state index in [-0.39, 0.29) is 0 Å². The van der Waals surface area contributed by atoms with Gasteiger partial charge in [-0.2, -0.15) is 0 Å². The van der Waals surface area contributed by atoms with Crippen molar-refractivity contribution in [1.82, 2.24) is 4.90 Å². The van der Waals surface area contributed by atoms with Gasteiger partial charge in [0.1, 0.15) is 6.29 Å². The number of carbonyl (C=O) groups excluding carboxylic acids is 1. The highest BCUT2D eigenvalue weighted by molar-refractivity contribution is 5.53. The summed E-state index contributed by atoms with van der Waals surface area (Å²) >= 11 is 0. The molecule has 0 unspecified atom stereocenters. The molecular weight excluding hydrogens is 162 g/mol. The summed E-state index contributed by atoms with van der Waals surface area (Å²) in [6, 6.07) is 1.70. The molecule has 0 aromatic rings. The first kappa shape index (κ1) is 10.7. The SMILES string of the molecule is CC(C)N1[C@H](C)CC(C=O)C[C@H]1C. The van der Waals surface area contributed by atoms with E-state index in [0.717, 1.165) is 19.1 Å². The van der Waals surface area contributed by atoms with Gasteiger partial charge in [-0.15, -0.1) is 0 Å². The second-order valence-corrected chi connectivity index (χ2v) is 4.61. The van der Waals surface area contributed by atoms with E-state index in [2.05, 4.69) is 32.6 Å². The smallest absolute Gasteiger partial charge is 0.123 e. The van der Waals surface area contributed by atoms with Gasteiger partial charge in [-0.25, -0.2) is 0 Å². The van der Waals surface area contributed by atoms with Gasteiger partial charge in [0.05, 0.1) is 0 Å². The molecule has 0 N–H and O–H groups in total. The van der Waals surface area contributed by atoms with E-state index in [0.29, 0.717) is 24.0 Å². The Balaban J connectivity index is 2.64. The lowest BCUT2D eigenvalue weighted by Gasteiger charge is -2.43. The maximum absolute atomic E-state index is 10.7. The van der Waals surface area contributed by atoms with Gasteiger partial charge in [0.25, 0.3) is 0 Å². The second-order valence-electron chi connectivity index (χ2n) is 4.61. The number of likely N-dealkylation sites (tertiary alicyclic amines) is 1. The highest BCUT2D eigenvalue weighted by atomic mass is 16.1. The Morgan fingerprint density at radius 3 is 2.00 bits per heavy atom. The molecule has 1 aliphatic rings. The number of rotatable bonds is 2. The maximum atomic E-state index is 10.7. The van der Waals surface area contributed by atoms with Gasteiger partial charge in [-0.1, -0.05) is 0 Å². The Bertz CT molecular complexity index is 167. The van der Waals surface area contributed by atoms with Crippen LogP contribution < -0.4 is 0 Å². The van der Waals surface area contributed by atoms with Crippen LogP contribution in [0.2, 0.25) is 0 Å². The van der Waals surface area contributed by atoms with Gasteiger partial charge >= 0.3 is 0 Å². The van der Waals surface area contributed by atoms with Gasteiger partial charge in [0.15, 0.2) is 0 Å². The van der Waals surface area contributed by atoms with E-state index < -0.39 is 0 Å². The molecule has 0 spiro atoms. The third kappa shape index (κ3) is 2.31. The van der Waals surface area contributed by atoms with Gasteiger partial charge in [0.2, 0.25) is 0 Å². The monoisotopic (exact) mass is 183 g/mol. The molecule has 1 heterocycles. The third-order valence-electron chi connectivity index (χ3n) is 3.09. The van der Waals surface area contributed by atoms with E-state index in [1.54, 1.807) is 0 Å². The van der Waals surface area contributed by atoms with Crippen LogP contribution in [-0.4, -0.2) is 29.3 Å². The van der Waals surface area contributed by atoms with Crippen LogP contribution in [0, 0.1) is 5.92 Å². The maximum Gasteiger partial charge on any atom is 0.123 e. The van der Waals surface area contributed by atoms with Crippen LogP contribution in [0.1, 0.15) is 40.5 Å². The zero-order chi connectivity index (χ0) is 10.0. The van der Waals surface area contributed by atoms with Gasteiger partial charge in [-0.05, 0) is 40.5 Å². The normalized spacial score (nSPS) is 36.5. The summed E-state index contributed by atoms with van der Waals surface area (Å²) < 4.78 is 0. The summed E-state index contributed by atoms with van der Waals surface area (Å²) in [6.45, 7) is 8.92. The topological polar surface area (TPSA) is 20.3 Å². The molecule has 1 rings (SSSR count). The number of hydrogen-bond donors (Lipinski definition) is 0. The molecule has 0 bridgehead atoms. The van der Waals surface area contributed by atoms with Gasteiger partial charge in [-0.3, -0.25) is 4.90 Å². The van der Waals surface area contributed by atoms with Gasteiger partial charge < -0.3 is 4.79 Å². The van der Waals surface area contributed by atoms with Crippen LogP contribution in [0.15, 0.2) is 0 Å². The quantitative estimate of drug-likeness (QED) is 0.611. The van der Waals surface area contributed by atoms with E-state index >= 15 is 0 Å². The number of piperidine rings is 1. The van der Waals surface area contributed by atoms with Crippen LogP contribution in [0.4, 0.5) is 0 Å². The van der Waals surface area contributed by atoms with Crippen LogP contribution in [0.25, 0.3) is 0 Å². The minimum absolute atomic E-state index is 0.292. The first-order valence-electron chi connectivity index (χ1n) is 5.29. The Labute approximate surface area is 81.3 Å². The molecule has 76 valence electrons. The molecule has 0 aromatic heterocycles. The third-order valence-corrected chi connectivity index (χ3v) is 3.09. The molecule has 0 amide bonds. The predicted octanol–water partition coefficient (Wildman–Crippen LogP) is 2.08. The highest BCUT2D eigenvalue weighted by Gasteiger charge is 2.31. The Morgan fingerprint density at radius 1 is 1.23 bits per heavy atom. The van der Waals surface area contributed by atoms with Crippen LogP contribution in [0.5, 0.6) is 0 Å². The van der Waals surface area contributed by atoms with Crippen molar-refractivity contribution < 1.29 is 4.79 Å². The lowest BCUT2D eigenvalue weighted by Crippen LogP contribution is -2.50. The standard InChI is InChI=1S/C11H21NO/c1-8(2)12-9(3)5-11(7-13)6-10(12)4/h7-11H,5-6H2,1-4H3/t9-,10-/m1/s1. The molecule has 2 nitrogen and oxygen atoms in total. The fraction of sp³-hybridized carbons (Fsp3) is 0.909. The van der Waals surface area contributed by atoms with E-state index in [9.17, 15) is 4.79 Å². The summed E-state index contributed by atoms with van der Waals surface area (Å²) in [4.78, 5) is 13.2. The average molecular weight is 183 g/mol. The molecule has 0 aliphatic carbocycles. The van der Waals surface area contributed by atoms with Crippen molar-refractivity contribution in [1.29, 1.82) is 0 Å². The summed E-state index contributed by atoms with van der Waals surface area (Å²) in [5.74, 6) is 0.292. The summed E-state index contributed by atoms with van der Waals surface area (Å²) in [6.07, 6.45) is 3.20. The molecule has 2 atom stereocenters. The fourth-order valence-corrected chi connectivity index (χ4v) is 2.78. The molecule has 13 heavy (non-hydrogen) atoms. The molecule has 2 heteroatoms. The summed E-state index contributed by atoms with van der Waals surface area (Å²) in [5.41, 5.74) is 0. The number of carbonyl (C=O) groups is 1. The van der Waals surface area contributed by atoms with Crippen molar-refractivity contribution in [3.05, 3.63) is 0 Å². The van der Waals surface area contributed by atoms with Crippen molar-refractivity contribution in [3.63, 3.8) is 0 Å². The first-order chi connectivity index (χ1) is 6.06. The number of aldehydes is 1. The van der Waals surface area contributed by atoms with Crippen LogP contribution in [-0.2, 0) is 4.79 Å². The van der Waals surface area contributed by atoms with Crippen LogP contribution >= 0.6 is 0 Å². The zero-order valence-electron chi connectivity index (χ0n) is 9.16. The minimum atomic E-state index is 0.292. The second kappa shape index (κ2) is 4.23. The zero-order valence-corrected chi connectivity index (χ0v) is 9.16. The largest absolute Gasteiger partial charge is 0.303 e. The van der Waals surface area contributed by atoms with Crippen LogP contribution in [0.3, 0.4) is 0 Å². The minimum Gasteiger partial charge on any atom is -0.303 e. The first-order valence-corrected chi connectivity index (χ1v) is 5.29. The number of hydrogen-bond acceptors (Lipinski definition) is 2. The highest BCUT2D eigenvalue weighted by Crippen LogP contribution is 2.27. The summed E-state index contributed by atoms with van der Waals surface area (Å²) in [5, 5.41) is 0. The summed E-state index contributed by atoms with van der Waals surface area (Å²) in [7, 11) is 0. The van der Waals surface area contributed by atoms with E-state index in [1.165, 1.54) is 0 Å². The molecule has 0 radical (unpaired) electrons. The molecule has 1 saturated heterocycles. The Kier molecular flexibility index (Phi) is 3.48. The van der Waals surface area contributed by atoms with E-state index in [1.807, 2.05) is 0 Å². The average Bonchev–Trinajstić information content (AvgIpc) is 2.02. The van der Waals surface area contributed by atoms with Crippen molar-refractivity contribution in [2.24, 2.45) is 5.92 Å². The lowest BCUT2D eigenvalue weighted by atomic mass is 9.87. The van der Waals surface area contributed by atoms with E-state index in [4.69, 9.17) is 0 Å². The Hall–Kier alpha value is -0.370. The molecule has 0 saturated carbocycles. The van der Waals surface area contributed by atoms with Crippen molar-refractivity contribution in [3.8, 4) is 0 Å².